The van der Waals surface area contributed by atoms with Crippen molar-refractivity contribution in [1.82, 2.24) is 15.2 Å². The van der Waals surface area contributed by atoms with Gasteiger partial charge in [-0.05, 0) is 28.7 Å². The number of benzene rings is 2. The minimum absolute atomic E-state index is 0.250. The highest BCUT2D eigenvalue weighted by atomic mass is 32.1. The van der Waals surface area contributed by atoms with Gasteiger partial charge in [-0.1, -0.05) is 24.3 Å². The first-order valence-electron chi connectivity index (χ1n) is 8.04. The zero-order chi connectivity index (χ0) is 20.1. The molecular formula is C18H15BN4O4S. The molecule has 0 aliphatic carbocycles. The van der Waals surface area contributed by atoms with E-state index in [-0.39, 0.29) is 6.47 Å². The summed E-state index contributed by atoms with van der Waals surface area (Å²) in [5, 5.41) is 37.6. The molecule has 0 saturated carbocycles. The molecule has 4 rings (SSSR count). The lowest BCUT2D eigenvalue weighted by molar-refractivity contribution is -0.122. The zero-order valence-corrected chi connectivity index (χ0v) is 15.2. The molecule has 0 radical (unpaired) electrons. The fourth-order valence-corrected chi connectivity index (χ4v) is 3.43. The average molecular weight is 394 g/mol. The first kappa shape index (κ1) is 19.4. The highest BCUT2D eigenvalue weighted by Gasteiger charge is 2.17. The quantitative estimate of drug-likeness (QED) is 0.302. The number of aromatic nitrogens is 3. The molecule has 0 saturated heterocycles. The summed E-state index contributed by atoms with van der Waals surface area (Å²) < 4.78 is 0. The van der Waals surface area contributed by atoms with Crippen molar-refractivity contribution in [2.45, 2.75) is 0 Å². The minimum atomic E-state index is -1.54. The number of carbonyl (C=O) groups is 1. The Bertz CT molecular complexity index is 1110. The molecule has 0 bridgehead atoms. The molecule has 8 nitrogen and oxygen atoms in total. The highest BCUT2D eigenvalue weighted by Crippen LogP contribution is 2.34. The van der Waals surface area contributed by atoms with E-state index in [0.717, 1.165) is 27.1 Å². The van der Waals surface area contributed by atoms with Crippen LogP contribution in [0.5, 0.6) is 0 Å². The van der Waals surface area contributed by atoms with Crippen LogP contribution >= 0.6 is 11.3 Å². The first-order chi connectivity index (χ1) is 13.5. The van der Waals surface area contributed by atoms with E-state index in [0.29, 0.717) is 16.7 Å². The Morgan fingerprint density at radius 2 is 1.89 bits per heavy atom. The van der Waals surface area contributed by atoms with Crippen LogP contribution in [0.4, 0.5) is 5.69 Å². The monoisotopic (exact) mass is 394 g/mol. The van der Waals surface area contributed by atoms with Gasteiger partial charge in [0.2, 0.25) is 0 Å². The largest absolute Gasteiger partial charge is 0.488 e. The number of nitrogens with zero attached hydrogens (tertiary/aromatic N) is 3. The normalized spacial score (nSPS) is 10.2. The molecule has 2 heterocycles. The SMILES string of the molecule is Nc1cnnc2cc(-c3cc(B(O)O)ccc3-c3nccs3)ccc12.O=CO. The van der Waals surface area contributed by atoms with Crippen molar-refractivity contribution in [3.8, 4) is 21.7 Å². The minimum Gasteiger partial charge on any atom is -0.483 e. The third-order valence-corrected chi connectivity index (χ3v) is 4.79. The Morgan fingerprint density at radius 3 is 2.57 bits per heavy atom. The lowest BCUT2D eigenvalue weighted by Crippen LogP contribution is -2.29. The number of rotatable bonds is 3. The second-order valence-electron chi connectivity index (χ2n) is 5.65. The molecule has 2 aromatic heterocycles. The zero-order valence-electron chi connectivity index (χ0n) is 14.4. The van der Waals surface area contributed by atoms with Crippen LogP contribution in [0.3, 0.4) is 0 Å². The van der Waals surface area contributed by atoms with Crippen molar-refractivity contribution in [1.29, 1.82) is 0 Å². The molecule has 28 heavy (non-hydrogen) atoms. The summed E-state index contributed by atoms with van der Waals surface area (Å²) in [6.45, 7) is -0.250. The van der Waals surface area contributed by atoms with E-state index in [1.807, 2.05) is 29.6 Å². The Morgan fingerprint density at radius 1 is 1.11 bits per heavy atom. The summed E-state index contributed by atoms with van der Waals surface area (Å²) in [5.41, 5.74) is 10.2. The number of thiazole rings is 1. The van der Waals surface area contributed by atoms with E-state index < -0.39 is 7.12 Å². The predicted octanol–water partition coefficient (Wildman–Crippen LogP) is 1.38. The molecule has 4 aromatic rings. The number of nitrogens with two attached hydrogens (primary N) is 1. The van der Waals surface area contributed by atoms with Crippen LogP contribution in [0, 0.1) is 0 Å². The molecule has 0 aliphatic rings. The second-order valence-corrected chi connectivity index (χ2v) is 6.55. The Balaban J connectivity index is 0.000000706. The van der Waals surface area contributed by atoms with Crippen molar-refractivity contribution in [3.63, 3.8) is 0 Å². The Kier molecular flexibility index (Phi) is 5.95. The summed E-state index contributed by atoms with van der Waals surface area (Å²) >= 11 is 1.52. The summed E-state index contributed by atoms with van der Waals surface area (Å²) in [6, 6.07) is 11.0. The van der Waals surface area contributed by atoms with E-state index in [1.165, 1.54) is 17.5 Å². The van der Waals surface area contributed by atoms with E-state index in [4.69, 9.17) is 15.6 Å². The molecule has 0 fully saturated rings. The van der Waals surface area contributed by atoms with Gasteiger partial charge in [0.25, 0.3) is 6.47 Å². The number of hydrogen-bond acceptors (Lipinski definition) is 8. The summed E-state index contributed by atoms with van der Waals surface area (Å²) in [5.74, 6) is 0. The second kappa shape index (κ2) is 8.57. The standard InChI is InChI=1S/C17H13BN4O2S.CH2O2/c19-15-9-21-22-16-7-10(1-3-13(15)16)14-8-11(18(23)24)2-4-12(14)17-20-5-6-25-17;2-1-3/h1-9,23-24H,(H2,19,22);1H,(H,2,3). The van der Waals surface area contributed by atoms with Gasteiger partial charge in [0, 0.05) is 22.5 Å². The summed E-state index contributed by atoms with van der Waals surface area (Å²) in [6.07, 6.45) is 3.26. The van der Waals surface area contributed by atoms with Crippen LogP contribution in [-0.2, 0) is 4.79 Å². The molecule has 0 atom stereocenters. The molecule has 0 unspecified atom stereocenters. The molecule has 0 amide bonds. The number of carboxylic acid groups (broad SMARTS) is 1. The molecule has 140 valence electrons. The lowest BCUT2D eigenvalue weighted by Gasteiger charge is -2.11. The third-order valence-electron chi connectivity index (χ3n) is 3.99. The van der Waals surface area contributed by atoms with E-state index in [2.05, 4.69) is 15.2 Å². The van der Waals surface area contributed by atoms with E-state index in [1.54, 1.807) is 18.3 Å². The smallest absolute Gasteiger partial charge is 0.483 e. The van der Waals surface area contributed by atoms with Gasteiger partial charge in [-0.2, -0.15) is 10.2 Å². The number of anilines is 1. The van der Waals surface area contributed by atoms with Gasteiger partial charge in [0.05, 0.1) is 17.4 Å². The van der Waals surface area contributed by atoms with Crippen molar-refractivity contribution in [2.75, 3.05) is 5.73 Å². The molecule has 0 aliphatic heterocycles. The Hall–Kier alpha value is -3.34. The average Bonchev–Trinajstić information content (AvgIpc) is 3.22. The predicted molar refractivity (Wildman–Crippen MR) is 109 cm³/mol. The van der Waals surface area contributed by atoms with Gasteiger partial charge in [0.15, 0.2) is 0 Å². The van der Waals surface area contributed by atoms with Crippen LogP contribution in [0.1, 0.15) is 0 Å². The number of nitrogen functional groups attached to an aromatic ring is 1. The summed E-state index contributed by atoms with van der Waals surface area (Å²) in [4.78, 5) is 12.7. The highest BCUT2D eigenvalue weighted by molar-refractivity contribution is 7.13. The number of hydrogen-bond donors (Lipinski definition) is 4. The van der Waals surface area contributed by atoms with Crippen molar-refractivity contribution in [3.05, 3.63) is 54.2 Å². The van der Waals surface area contributed by atoms with Crippen LogP contribution in [0.25, 0.3) is 32.6 Å². The van der Waals surface area contributed by atoms with Crippen LogP contribution in [0.2, 0.25) is 0 Å². The topological polar surface area (TPSA) is 142 Å². The van der Waals surface area contributed by atoms with Crippen LogP contribution in [-0.4, -0.2) is 43.9 Å². The van der Waals surface area contributed by atoms with E-state index >= 15 is 0 Å². The lowest BCUT2D eigenvalue weighted by atomic mass is 9.78. The molecule has 0 spiro atoms. The van der Waals surface area contributed by atoms with Gasteiger partial charge in [-0.3, -0.25) is 4.79 Å². The molecule has 5 N–H and O–H groups in total. The van der Waals surface area contributed by atoms with Gasteiger partial charge in [0.1, 0.15) is 5.01 Å². The fraction of sp³-hybridized carbons (Fsp3) is 0. The molecule has 2 aromatic carbocycles. The number of fused-ring (bicyclic) bond motifs is 1. The van der Waals surface area contributed by atoms with Crippen molar-refractivity contribution >= 4 is 47.0 Å². The van der Waals surface area contributed by atoms with Gasteiger partial charge >= 0.3 is 7.12 Å². The van der Waals surface area contributed by atoms with Gasteiger partial charge < -0.3 is 20.9 Å². The Labute approximate surface area is 164 Å². The maximum Gasteiger partial charge on any atom is 0.488 e. The summed E-state index contributed by atoms with van der Waals surface area (Å²) in [7, 11) is -1.54. The van der Waals surface area contributed by atoms with Crippen molar-refractivity contribution in [2.24, 2.45) is 0 Å². The van der Waals surface area contributed by atoms with Gasteiger partial charge in [-0.25, -0.2) is 4.98 Å². The molecular weight excluding hydrogens is 379 g/mol. The molecule has 10 heteroatoms. The fourth-order valence-electron chi connectivity index (χ4n) is 2.75. The maximum atomic E-state index is 9.53. The van der Waals surface area contributed by atoms with Crippen molar-refractivity contribution < 1.29 is 19.9 Å². The first-order valence-corrected chi connectivity index (χ1v) is 8.92. The van der Waals surface area contributed by atoms with Gasteiger partial charge in [-0.15, -0.1) is 11.3 Å². The third kappa shape index (κ3) is 3.99. The maximum absolute atomic E-state index is 9.53. The van der Waals surface area contributed by atoms with E-state index in [9.17, 15) is 10.0 Å². The van der Waals surface area contributed by atoms with Crippen LogP contribution in [0.15, 0.2) is 54.2 Å². The van der Waals surface area contributed by atoms with Crippen LogP contribution < -0.4 is 11.2 Å².